The average molecular weight is 405 g/mol. The maximum atomic E-state index is 12.5. The smallest absolute Gasteiger partial charge is 0.251 e. The van der Waals surface area contributed by atoms with E-state index in [9.17, 15) is 9.59 Å². The third kappa shape index (κ3) is 3.63. The molecule has 1 heterocycles. The lowest BCUT2D eigenvalue weighted by Crippen LogP contribution is -2.30. The average Bonchev–Trinajstić information content (AvgIpc) is 3.20. The number of amides is 1. The number of carbonyl (C=O) groups excluding carboxylic acids is 2. The van der Waals surface area contributed by atoms with Gasteiger partial charge in [-0.3, -0.25) is 14.6 Å². The number of benzene rings is 2. The van der Waals surface area contributed by atoms with Crippen LogP contribution in [0, 0.1) is 0 Å². The molecule has 1 amide bonds. The molecule has 2 aromatic rings. The van der Waals surface area contributed by atoms with Gasteiger partial charge in [0.2, 0.25) is 0 Å². The van der Waals surface area contributed by atoms with Crippen molar-refractivity contribution in [2.24, 2.45) is 10.7 Å². The number of aliphatic imine (C=N–C) groups is 1. The van der Waals surface area contributed by atoms with Crippen LogP contribution >= 0.6 is 0 Å². The van der Waals surface area contributed by atoms with Crippen molar-refractivity contribution < 1.29 is 9.59 Å². The lowest BCUT2D eigenvalue weighted by molar-refractivity contribution is 0.0970. The second-order valence-corrected chi connectivity index (χ2v) is 8.40. The highest BCUT2D eigenvalue weighted by atomic mass is 16.1. The van der Waals surface area contributed by atoms with Gasteiger partial charge < -0.3 is 15.5 Å². The fourth-order valence-electron chi connectivity index (χ4n) is 4.35. The van der Waals surface area contributed by atoms with Gasteiger partial charge in [0.15, 0.2) is 5.78 Å². The van der Waals surface area contributed by atoms with Crippen molar-refractivity contribution in [3.63, 3.8) is 0 Å². The van der Waals surface area contributed by atoms with Gasteiger partial charge in [-0.1, -0.05) is 12.1 Å². The molecule has 6 heteroatoms. The Hall–Kier alpha value is -2.99. The van der Waals surface area contributed by atoms with E-state index in [1.54, 1.807) is 0 Å². The third-order valence-corrected chi connectivity index (χ3v) is 6.01. The minimum atomic E-state index is -0.435. The minimum absolute atomic E-state index is 0.204. The Labute approximate surface area is 177 Å². The Morgan fingerprint density at radius 1 is 1.10 bits per heavy atom. The summed E-state index contributed by atoms with van der Waals surface area (Å²) in [6.45, 7) is 1.61. The minimum Gasteiger partial charge on any atom is -0.373 e. The Morgan fingerprint density at radius 3 is 2.63 bits per heavy atom. The Bertz CT molecular complexity index is 1060. The summed E-state index contributed by atoms with van der Waals surface area (Å²) in [5, 5.41) is 0. The number of hydrogen-bond acceptors (Lipinski definition) is 5. The van der Waals surface area contributed by atoms with E-state index in [0.717, 1.165) is 65.1 Å². The number of likely N-dealkylation sites (N-methyl/N-ethyl adjacent to an activating group) is 2. The molecule has 1 aliphatic heterocycles. The number of Topliss-reactive ketones (excluding diaryl/α,β-unsaturated/α-hetero) is 1. The molecule has 1 aliphatic carbocycles. The van der Waals surface area contributed by atoms with Gasteiger partial charge in [0, 0.05) is 50.3 Å². The van der Waals surface area contributed by atoms with Crippen LogP contribution in [0.5, 0.6) is 0 Å². The predicted molar refractivity (Wildman–Crippen MR) is 121 cm³/mol. The van der Waals surface area contributed by atoms with Crippen LogP contribution in [-0.4, -0.2) is 57.0 Å². The van der Waals surface area contributed by atoms with E-state index in [1.807, 2.05) is 39.5 Å². The molecule has 0 aromatic heterocycles. The van der Waals surface area contributed by atoms with Crippen LogP contribution in [0.4, 0.5) is 11.4 Å². The van der Waals surface area contributed by atoms with Crippen molar-refractivity contribution >= 4 is 29.3 Å². The van der Waals surface area contributed by atoms with Crippen LogP contribution in [0.2, 0.25) is 0 Å². The largest absolute Gasteiger partial charge is 0.373 e. The summed E-state index contributed by atoms with van der Waals surface area (Å²) in [4.78, 5) is 33.6. The molecule has 2 aromatic carbocycles. The van der Waals surface area contributed by atoms with Crippen molar-refractivity contribution in [1.82, 2.24) is 4.90 Å². The zero-order chi connectivity index (χ0) is 21.4. The van der Waals surface area contributed by atoms with Gasteiger partial charge in [0.25, 0.3) is 5.91 Å². The van der Waals surface area contributed by atoms with Crippen LogP contribution in [0.3, 0.4) is 0 Å². The molecule has 0 unspecified atom stereocenters. The van der Waals surface area contributed by atoms with Crippen LogP contribution < -0.4 is 10.6 Å². The molecular formula is C24H28N4O2. The first kappa shape index (κ1) is 20.3. The Kier molecular flexibility index (Phi) is 5.43. The summed E-state index contributed by atoms with van der Waals surface area (Å²) in [5.74, 6) is -0.231. The summed E-state index contributed by atoms with van der Waals surface area (Å²) in [6.07, 6.45) is 4.87. The lowest BCUT2D eigenvalue weighted by Gasteiger charge is -2.26. The van der Waals surface area contributed by atoms with Gasteiger partial charge in [-0.25, -0.2) is 0 Å². The first-order valence-electron chi connectivity index (χ1n) is 10.4. The molecule has 0 saturated carbocycles. The molecule has 6 nitrogen and oxygen atoms in total. The maximum Gasteiger partial charge on any atom is 0.251 e. The third-order valence-electron chi connectivity index (χ3n) is 6.01. The first-order chi connectivity index (χ1) is 14.4. The number of nitrogens with two attached hydrogens (primary N) is 1. The van der Waals surface area contributed by atoms with Crippen molar-refractivity contribution in [2.45, 2.75) is 25.7 Å². The molecule has 0 spiro atoms. The number of hydrogen-bond donors (Lipinski definition) is 1. The van der Waals surface area contributed by atoms with Gasteiger partial charge in [0.1, 0.15) is 0 Å². The number of ketones is 1. The highest BCUT2D eigenvalue weighted by Gasteiger charge is 2.26. The van der Waals surface area contributed by atoms with Crippen molar-refractivity contribution in [3.8, 4) is 11.1 Å². The van der Waals surface area contributed by atoms with E-state index in [4.69, 9.17) is 5.73 Å². The van der Waals surface area contributed by atoms with E-state index in [2.05, 4.69) is 26.9 Å². The Balaban J connectivity index is 1.87. The van der Waals surface area contributed by atoms with Crippen LogP contribution in [-0.2, 0) is 12.8 Å². The number of carbonyl (C=O) groups is 2. The number of fused-ring (bicyclic) bond motifs is 2. The SMILES string of the molecule is CN(C)CCN(C)c1cc(-c2ccc3c(c2)C(=O)CCC3)c2c(c1C(N)=O)CC=N2. The molecule has 0 bridgehead atoms. The summed E-state index contributed by atoms with van der Waals surface area (Å²) in [5.41, 5.74) is 12.6. The van der Waals surface area contributed by atoms with E-state index in [0.29, 0.717) is 18.4 Å². The molecule has 2 N–H and O–H groups in total. The van der Waals surface area contributed by atoms with Crippen molar-refractivity contribution in [1.29, 1.82) is 0 Å². The van der Waals surface area contributed by atoms with Gasteiger partial charge in [-0.2, -0.15) is 0 Å². The van der Waals surface area contributed by atoms with Gasteiger partial charge in [0.05, 0.1) is 16.9 Å². The molecule has 156 valence electrons. The molecule has 4 rings (SSSR count). The number of anilines is 1. The fraction of sp³-hybridized carbons (Fsp3) is 0.375. The molecule has 2 aliphatic rings. The molecular weight excluding hydrogens is 376 g/mol. The standard InChI is InChI=1S/C24H28N4O2/c1-27(2)11-12-28(3)20-14-19(23-17(9-10-26-23)22(20)24(25)30)16-8-7-15-5-4-6-21(29)18(15)13-16/h7-8,10,13-14H,4-6,9,11-12H2,1-3H3,(H2,25,30). The summed E-state index contributed by atoms with van der Waals surface area (Å²) < 4.78 is 0. The topological polar surface area (TPSA) is 79.0 Å². The maximum absolute atomic E-state index is 12.5. The van der Waals surface area contributed by atoms with Gasteiger partial charge >= 0.3 is 0 Å². The van der Waals surface area contributed by atoms with Crippen LogP contribution in [0.25, 0.3) is 11.1 Å². The van der Waals surface area contributed by atoms with E-state index < -0.39 is 5.91 Å². The summed E-state index contributed by atoms with van der Waals surface area (Å²) in [6, 6.07) is 8.12. The molecule has 30 heavy (non-hydrogen) atoms. The molecule has 0 radical (unpaired) electrons. The lowest BCUT2D eigenvalue weighted by atomic mass is 9.87. The number of rotatable bonds is 6. The quantitative estimate of drug-likeness (QED) is 0.802. The van der Waals surface area contributed by atoms with Gasteiger partial charge in [-0.15, -0.1) is 0 Å². The Morgan fingerprint density at radius 2 is 1.90 bits per heavy atom. The number of aryl methyl sites for hydroxylation is 1. The first-order valence-corrected chi connectivity index (χ1v) is 10.4. The second-order valence-electron chi connectivity index (χ2n) is 8.40. The zero-order valence-electron chi connectivity index (χ0n) is 17.9. The normalized spacial score (nSPS) is 14.7. The van der Waals surface area contributed by atoms with Crippen molar-refractivity contribution in [2.75, 3.05) is 39.1 Å². The predicted octanol–water partition coefficient (Wildman–Crippen LogP) is 3.23. The second kappa shape index (κ2) is 8.03. The van der Waals surface area contributed by atoms with Crippen LogP contribution in [0.15, 0.2) is 29.3 Å². The van der Waals surface area contributed by atoms with E-state index in [-0.39, 0.29) is 5.78 Å². The molecule has 0 atom stereocenters. The fourth-order valence-corrected chi connectivity index (χ4v) is 4.35. The monoisotopic (exact) mass is 404 g/mol. The van der Waals surface area contributed by atoms with Gasteiger partial charge in [-0.05, 0) is 55.8 Å². The highest BCUT2D eigenvalue weighted by molar-refractivity contribution is 6.07. The number of primary amides is 1. The summed E-state index contributed by atoms with van der Waals surface area (Å²) in [7, 11) is 6.03. The molecule has 0 saturated heterocycles. The summed E-state index contributed by atoms with van der Waals surface area (Å²) >= 11 is 0. The zero-order valence-corrected chi connectivity index (χ0v) is 17.9. The molecule has 0 fully saturated rings. The number of nitrogens with zero attached hydrogens (tertiary/aromatic N) is 3. The van der Waals surface area contributed by atoms with E-state index >= 15 is 0 Å². The van der Waals surface area contributed by atoms with E-state index in [1.165, 1.54) is 0 Å². The van der Waals surface area contributed by atoms with Crippen LogP contribution in [0.1, 0.15) is 44.7 Å². The highest BCUT2D eigenvalue weighted by Crippen LogP contribution is 2.43. The van der Waals surface area contributed by atoms with Crippen molar-refractivity contribution in [3.05, 3.63) is 46.5 Å².